The van der Waals surface area contributed by atoms with Crippen LogP contribution in [0.1, 0.15) is 110 Å². The molecular formula is C29H59NO6P+. The fourth-order valence-corrected chi connectivity index (χ4v) is 5.51. The molecule has 7 nitrogen and oxygen atoms in total. The van der Waals surface area contributed by atoms with Gasteiger partial charge < -0.3 is 18.9 Å². The first-order valence-corrected chi connectivity index (χ1v) is 16.6. The van der Waals surface area contributed by atoms with Gasteiger partial charge in [-0.1, -0.05) is 76.9 Å². The fraction of sp³-hybridized carbons (Fsp3) is 0.931. The number of allylic oxidation sites excluding steroid dienone is 2. The summed E-state index contributed by atoms with van der Waals surface area (Å²) in [6, 6.07) is 0. The van der Waals surface area contributed by atoms with E-state index in [0.717, 1.165) is 43.4 Å². The van der Waals surface area contributed by atoms with E-state index in [1.54, 1.807) is 0 Å². The molecule has 220 valence electrons. The van der Waals surface area contributed by atoms with E-state index in [9.17, 15) is 9.46 Å². The number of likely N-dealkylation sites (tertiary alicyclic amines) is 1. The molecule has 1 unspecified atom stereocenters. The lowest BCUT2D eigenvalue weighted by Crippen LogP contribution is -2.47. The van der Waals surface area contributed by atoms with Gasteiger partial charge in [0.1, 0.15) is 0 Å². The number of hydrogen-bond donors (Lipinski definition) is 1. The number of piperidine rings is 1. The Morgan fingerprint density at radius 1 is 0.730 bits per heavy atom. The summed E-state index contributed by atoms with van der Waals surface area (Å²) in [5.41, 5.74) is 0. The van der Waals surface area contributed by atoms with Crippen molar-refractivity contribution in [2.75, 3.05) is 60.2 Å². The summed E-state index contributed by atoms with van der Waals surface area (Å²) in [5, 5.41) is 0. The minimum Gasteiger partial charge on any atom is -0.379 e. The summed E-state index contributed by atoms with van der Waals surface area (Å²) < 4.78 is 34.4. The summed E-state index contributed by atoms with van der Waals surface area (Å²) in [6.07, 6.45) is 24.4. The average molecular weight is 549 g/mol. The van der Waals surface area contributed by atoms with Crippen molar-refractivity contribution in [1.82, 2.24) is 0 Å². The lowest BCUT2D eigenvalue weighted by atomic mass is 10.1. The monoisotopic (exact) mass is 548 g/mol. The largest absolute Gasteiger partial charge is 0.472 e. The number of nitrogens with zero attached hydrogens (tertiary/aromatic N) is 1. The zero-order valence-electron chi connectivity index (χ0n) is 24.4. The van der Waals surface area contributed by atoms with Gasteiger partial charge in [-0.15, -0.1) is 0 Å². The highest BCUT2D eigenvalue weighted by Crippen LogP contribution is 2.46. The van der Waals surface area contributed by atoms with Gasteiger partial charge in [-0.05, 0) is 32.1 Å². The van der Waals surface area contributed by atoms with E-state index in [1.165, 1.54) is 83.5 Å². The van der Waals surface area contributed by atoms with Crippen molar-refractivity contribution in [2.45, 2.75) is 116 Å². The standard InChI is InChI=1S/C29H58NO6P/c1-4-5-6-7-8-9-10-11-12-13-14-15-16-17-18-19-24-33-25-26-34-27-28-35-37(31,32)36-29-20-22-30(2,3)23-21-29/h11-12,29H,4-10,13-28H2,1-3H3/p+1. The third-order valence-electron chi connectivity index (χ3n) is 7.05. The smallest absolute Gasteiger partial charge is 0.379 e. The fourth-order valence-electron chi connectivity index (χ4n) is 4.55. The number of quaternary nitrogens is 1. The second kappa shape index (κ2) is 22.5. The van der Waals surface area contributed by atoms with E-state index in [-0.39, 0.29) is 19.3 Å². The number of ether oxygens (including phenoxy) is 2. The predicted molar refractivity (Wildman–Crippen MR) is 153 cm³/mol. The molecule has 0 radical (unpaired) electrons. The highest BCUT2D eigenvalue weighted by molar-refractivity contribution is 7.47. The first-order valence-electron chi connectivity index (χ1n) is 15.1. The van der Waals surface area contributed by atoms with Crippen molar-refractivity contribution >= 4 is 7.82 Å². The minimum atomic E-state index is -4.02. The third kappa shape index (κ3) is 22.3. The van der Waals surface area contributed by atoms with Crippen LogP contribution in [0.15, 0.2) is 12.2 Å². The van der Waals surface area contributed by atoms with Crippen LogP contribution in [0.3, 0.4) is 0 Å². The Morgan fingerprint density at radius 3 is 1.81 bits per heavy atom. The van der Waals surface area contributed by atoms with Gasteiger partial charge in [0.25, 0.3) is 0 Å². The number of phosphoric ester groups is 1. The van der Waals surface area contributed by atoms with Crippen LogP contribution in [0.4, 0.5) is 0 Å². The maximum atomic E-state index is 12.1. The lowest BCUT2D eigenvalue weighted by molar-refractivity contribution is -0.896. The van der Waals surface area contributed by atoms with E-state index in [1.807, 2.05) is 0 Å². The molecule has 0 saturated carbocycles. The highest BCUT2D eigenvalue weighted by atomic mass is 31.2. The van der Waals surface area contributed by atoms with E-state index >= 15 is 0 Å². The maximum absolute atomic E-state index is 12.1. The van der Waals surface area contributed by atoms with Crippen molar-refractivity contribution in [3.8, 4) is 0 Å². The molecule has 37 heavy (non-hydrogen) atoms. The molecule has 8 heteroatoms. The van der Waals surface area contributed by atoms with E-state index in [0.29, 0.717) is 13.2 Å². The number of hydrogen-bond acceptors (Lipinski definition) is 5. The van der Waals surface area contributed by atoms with E-state index < -0.39 is 7.82 Å². The predicted octanol–water partition coefficient (Wildman–Crippen LogP) is 7.43. The Labute approximate surface area is 228 Å². The van der Waals surface area contributed by atoms with Gasteiger partial charge in [-0.2, -0.15) is 0 Å². The normalized spacial score (nSPS) is 17.9. The molecule has 1 rings (SSSR count). The SMILES string of the molecule is CCCCCCCCC=CCCCCCCCCOCCOCCOP(=O)(O)OC1CC[N+](C)(C)CC1. The molecule has 0 amide bonds. The van der Waals surface area contributed by atoms with Crippen LogP contribution in [0.25, 0.3) is 0 Å². The molecule has 0 aliphatic carbocycles. The van der Waals surface area contributed by atoms with Gasteiger partial charge in [0.15, 0.2) is 0 Å². The number of rotatable bonds is 25. The van der Waals surface area contributed by atoms with E-state index in [4.69, 9.17) is 18.5 Å². The summed E-state index contributed by atoms with van der Waals surface area (Å²) in [4.78, 5) is 9.89. The van der Waals surface area contributed by atoms with Crippen LogP contribution in [0.2, 0.25) is 0 Å². The summed E-state index contributed by atoms with van der Waals surface area (Å²) in [6.45, 7) is 6.19. The molecule has 1 atom stereocenters. The van der Waals surface area contributed by atoms with Crippen molar-refractivity contribution in [2.24, 2.45) is 0 Å². The number of unbranched alkanes of at least 4 members (excludes halogenated alkanes) is 12. The van der Waals surface area contributed by atoms with Crippen molar-refractivity contribution in [3.05, 3.63) is 12.2 Å². The minimum absolute atomic E-state index is 0.0387. The summed E-state index contributed by atoms with van der Waals surface area (Å²) in [5.74, 6) is 0. The molecule has 0 aromatic carbocycles. The van der Waals surface area contributed by atoms with Crippen LogP contribution in [0, 0.1) is 0 Å². The van der Waals surface area contributed by atoms with Crippen LogP contribution in [-0.4, -0.2) is 75.7 Å². The zero-order chi connectivity index (χ0) is 27.1. The zero-order valence-corrected chi connectivity index (χ0v) is 25.3. The van der Waals surface area contributed by atoms with Crippen LogP contribution < -0.4 is 0 Å². The molecule has 1 N–H and O–H groups in total. The van der Waals surface area contributed by atoms with Gasteiger partial charge in [0, 0.05) is 19.4 Å². The molecule has 1 aliphatic heterocycles. The van der Waals surface area contributed by atoms with Gasteiger partial charge in [0.05, 0.1) is 59.7 Å². The van der Waals surface area contributed by atoms with Gasteiger partial charge in [-0.3, -0.25) is 9.05 Å². The quantitative estimate of drug-likeness (QED) is 0.0553. The van der Waals surface area contributed by atoms with Crippen molar-refractivity contribution < 1.29 is 32.5 Å². The molecule has 1 aliphatic rings. The topological polar surface area (TPSA) is 74.2 Å². The highest BCUT2D eigenvalue weighted by Gasteiger charge is 2.32. The maximum Gasteiger partial charge on any atom is 0.472 e. The first-order chi connectivity index (χ1) is 17.8. The number of phosphoric acid groups is 1. The molecule has 0 aromatic heterocycles. The molecule has 0 aromatic rings. The summed E-state index contributed by atoms with van der Waals surface area (Å²) in [7, 11) is 0.295. The second-order valence-electron chi connectivity index (χ2n) is 11.2. The van der Waals surface area contributed by atoms with Gasteiger partial charge in [-0.25, -0.2) is 4.57 Å². The van der Waals surface area contributed by atoms with Crippen LogP contribution in [0.5, 0.6) is 0 Å². The van der Waals surface area contributed by atoms with Crippen LogP contribution in [-0.2, 0) is 23.1 Å². The first kappa shape index (κ1) is 34.8. The Bertz CT molecular complexity index is 591. The van der Waals surface area contributed by atoms with Gasteiger partial charge in [0.2, 0.25) is 0 Å². The Kier molecular flexibility index (Phi) is 21.2. The Balaban J connectivity index is 1.78. The molecule has 0 spiro atoms. The second-order valence-corrected chi connectivity index (χ2v) is 12.6. The van der Waals surface area contributed by atoms with Crippen molar-refractivity contribution in [3.63, 3.8) is 0 Å². The molecule has 1 saturated heterocycles. The molecular weight excluding hydrogens is 489 g/mol. The average Bonchev–Trinajstić information content (AvgIpc) is 2.85. The molecule has 1 heterocycles. The summed E-state index contributed by atoms with van der Waals surface area (Å²) >= 11 is 0. The third-order valence-corrected chi connectivity index (χ3v) is 8.12. The van der Waals surface area contributed by atoms with Crippen molar-refractivity contribution in [1.29, 1.82) is 0 Å². The molecule has 0 bridgehead atoms. The Hall–Kier alpha value is -0.270. The Morgan fingerprint density at radius 2 is 1.22 bits per heavy atom. The molecule has 1 fully saturated rings. The van der Waals surface area contributed by atoms with Gasteiger partial charge >= 0.3 is 7.82 Å². The van der Waals surface area contributed by atoms with Crippen LogP contribution >= 0.6 is 7.82 Å². The lowest BCUT2D eigenvalue weighted by Gasteiger charge is -2.37. The van der Waals surface area contributed by atoms with E-state index in [2.05, 4.69) is 33.2 Å².